The molecular formula is C16H20O3. The van der Waals surface area contributed by atoms with Crippen LogP contribution in [0, 0.1) is 0 Å². The molecule has 19 heavy (non-hydrogen) atoms. The summed E-state index contributed by atoms with van der Waals surface area (Å²) in [6.45, 7) is 1.35. The van der Waals surface area contributed by atoms with Crippen molar-refractivity contribution in [3.05, 3.63) is 65.7 Å². The van der Waals surface area contributed by atoms with Crippen molar-refractivity contribution in [2.75, 3.05) is 14.2 Å². The van der Waals surface area contributed by atoms with Crippen LogP contribution in [0.15, 0.2) is 54.6 Å². The van der Waals surface area contributed by atoms with E-state index in [9.17, 15) is 0 Å². The molecule has 0 aliphatic heterocycles. The van der Waals surface area contributed by atoms with Crippen LogP contribution in [0.25, 0.3) is 0 Å². The first-order valence-electron chi connectivity index (χ1n) is 6.06. The molecule has 3 nitrogen and oxygen atoms in total. The number of methoxy groups -OCH3 is 2. The minimum atomic E-state index is 0.322. The van der Waals surface area contributed by atoms with Gasteiger partial charge in [-0.25, -0.2) is 0 Å². The van der Waals surface area contributed by atoms with Gasteiger partial charge >= 0.3 is 0 Å². The molecule has 0 saturated carbocycles. The summed E-state index contributed by atoms with van der Waals surface area (Å²) in [6, 6.07) is 16.9. The van der Waals surface area contributed by atoms with Crippen molar-refractivity contribution in [3.63, 3.8) is 0 Å². The lowest BCUT2D eigenvalue weighted by Gasteiger charge is -2.01. The highest BCUT2D eigenvalue weighted by Crippen LogP contribution is 2.06. The van der Waals surface area contributed by atoms with Crippen molar-refractivity contribution in [2.45, 2.75) is 13.2 Å². The minimum Gasteiger partial charge on any atom is -0.508 e. The summed E-state index contributed by atoms with van der Waals surface area (Å²) in [5.74, 6) is 0.322. The molecule has 0 spiro atoms. The van der Waals surface area contributed by atoms with Crippen molar-refractivity contribution in [1.29, 1.82) is 0 Å². The number of ether oxygens (including phenoxy) is 2. The second kappa shape index (κ2) is 9.14. The first-order valence-corrected chi connectivity index (χ1v) is 6.06. The van der Waals surface area contributed by atoms with Gasteiger partial charge in [0, 0.05) is 14.2 Å². The van der Waals surface area contributed by atoms with Gasteiger partial charge in [-0.05, 0) is 23.3 Å². The van der Waals surface area contributed by atoms with Crippen LogP contribution in [0.2, 0.25) is 0 Å². The summed E-state index contributed by atoms with van der Waals surface area (Å²) in [5, 5.41) is 8.63. The molecule has 0 aliphatic rings. The van der Waals surface area contributed by atoms with E-state index in [1.54, 1.807) is 38.5 Å². The van der Waals surface area contributed by atoms with Crippen molar-refractivity contribution in [3.8, 4) is 5.75 Å². The van der Waals surface area contributed by atoms with Crippen LogP contribution in [0.5, 0.6) is 5.75 Å². The Labute approximate surface area is 114 Å². The van der Waals surface area contributed by atoms with Crippen molar-refractivity contribution < 1.29 is 14.6 Å². The Morgan fingerprint density at radius 1 is 0.737 bits per heavy atom. The number of para-hydroxylation sites is 1. The number of hydrogen-bond acceptors (Lipinski definition) is 3. The molecule has 0 heterocycles. The molecule has 2 aromatic rings. The molecule has 0 unspecified atom stereocenters. The van der Waals surface area contributed by atoms with E-state index >= 15 is 0 Å². The summed E-state index contributed by atoms with van der Waals surface area (Å²) >= 11 is 0. The number of phenols is 1. The van der Waals surface area contributed by atoms with E-state index in [1.165, 1.54) is 11.1 Å². The average molecular weight is 260 g/mol. The number of rotatable bonds is 4. The lowest BCUT2D eigenvalue weighted by atomic mass is 10.1. The van der Waals surface area contributed by atoms with Gasteiger partial charge in [0.05, 0.1) is 13.2 Å². The van der Waals surface area contributed by atoms with Gasteiger partial charge in [0.2, 0.25) is 0 Å². The topological polar surface area (TPSA) is 38.7 Å². The summed E-state index contributed by atoms with van der Waals surface area (Å²) in [6.07, 6.45) is 0. The van der Waals surface area contributed by atoms with Crippen molar-refractivity contribution in [1.82, 2.24) is 0 Å². The third-order valence-corrected chi connectivity index (χ3v) is 2.40. The summed E-state index contributed by atoms with van der Waals surface area (Å²) in [7, 11) is 3.39. The zero-order valence-corrected chi connectivity index (χ0v) is 11.4. The molecule has 0 bridgehead atoms. The first-order chi connectivity index (χ1) is 9.26. The Kier molecular flexibility index (Phi) is 7.32. The van der Waals surface area contributed by atoms with Crippen molar-refractivity contribution in [2.24, 2.45) is 0 Å². The molecule has 0 saturated heterocycles. The predicted molar refractivity (Wildman–Crippen MR) is 76.0 cm³/mol. The Bertz CT molecular complexity index is 412. The SMILES string of the molecule is COCc1ccc(COC)cc1.Oc1ccccc1. The molecule has 3 heteroatoms. The molecule has 1 N–H and O–H groups in total. The number of benzene rings is 2. The highest BCUT2D eigenvalue weighted by atomic mass is 16.5. The first kappa shape index (κ1) is 15.2. The third kappa shape index (κ3) is 6.60. The molecule has 0 fully saturated rings. The molecule has 102 valence electrons. The van der Waals surface area contributed by atoms with Crippen LogP contribution in [0.4, 0.5) is 0 Å². The van der Waals surface area contributed by atoms with E-state index in [-0.39, 0.29) is 0 Å². The van der Waals surface area contributed by atoms with E-state index < -0.39 is 0 Å². The van der Waals surface area contributed by atoms with Crippen LogP contribution in [-0.4, -0.2) is 19.3 Å². The van der Waals surface area contributed by atoms with Gasteiger partial charge in [-0.15, -0.1) is 0 Å². The lowest BCUT2D eigenvalue weighted by Crippen LogP contribution is -1.90. The van der Waals surface area contributed by atoms with Gasteiger partial charge in [0.1, 0.15) is 5.75 Å². The maximum Gasteiger partial charge on any atom is 0.115 e. The molecule has 0 atom stereocenters. The van der Waals surface area contributed by atoms with Gasteiger partial charge in [0.15, 0.2) is 0 Å². The summed E-state index contributed by atoms with van der Waals surface area (Å²) in [5.41, 5.74) is 2.38. The van der Waals surface area contributed by atoms with Gasteiger partial charge < -0.3 is 14.6 Å². The number of hydrogen-bond donors (Lipinski definition) is 1. The van der Waals surface area contributed by atoms with Gasteiger partial charge in [0.25, 0.3) is 0 Å². The maximum atomic E-state index is 8.63. The van der Waals surface area contributed by atoms with E-state index in [0.717, 1.165) is 0 Å². The molecule has 0 amide bonds. The van der Waals surface area contributed by atoms with Crippen LogP contribution in [0.3, 0.4) is 0 Å². The quantitative estimate of drug-likeness (QED) is 0.916. The minimum absolute atomic E-state index is 0.322. The molecular weight excluding hydrogens is 240 g/mol. The fourth-order valence-corrected chi connectivity index (χ4v) is 1.49. The van der Waals surface area contributed by atoms with E-state index in [1.807, 2.05) is 6.07 Å². The lowest BCUT2D eigenvalue weighted by molar-refractivity contribution is 0.182. The molecule has 0 aromatic heterocycles. The second-order valence-corrected chi connectivity index (χ2v) is 4.02. The van der Waals surface area contributed by atoms with E-state index in [2.05, 4.69) is 24.3 Å². The third-order valence-electron chi connectivity index (χ3n) is 2.40. The highest BCUT2D eigenvalue weighted by Gasteiger charge is 1.92. The average Bonchev–Trinajstić information content (AvgIpc) is 2.43. The summed E-state index contributed by atoms with van der Waals surface area (Å²) < 4.78 is 9.99. The number of phenolic OH excluding ortho intramolecular Hbond substituents is 1. The molecule has 0 aliphatic carbocycles. The fourth-order valence-electron chi connectivity index (χ4n) is 1.49. The summed E-state index contributed by atoms with van der Waals surface area (Å²) in [4.78, 5) is 0. The smallest absolute Gasteiger partial charge is 0.115 e. The van der Waals surface area contributed by atoms with Gasteiger partial charge in [-0.1, -0.05) is 42.5 Å². The fraction of sp³-hybridized carbons (Fsp3) is 0.250. The molecule has 2 aromatic carbocycles. The highest BCUT2D eigenvalue weighted by molar-refractivity contribution is 5.21. The molecule has 2 rings (SSSR count). The zero-order valence-electron chi connectivity index (χ0n) is 11.4. The Hall–Kier alpha value is -1.84. The number of aromatic hydroxyl groups is 1. The van der Waals surface area contributed by atoms with Gasteiger partial charge in [-0.2, -0.15) is 0 Å². The normalized spacial score (nSPS) is 9.58. The Balaban J connectivity index is 0.000000218. The van der Waals surface area contributed by atoms with E-state index in [4.69, 9.17) is 14.6 Å². The largest absolute Gasteiger partial charge is 0.508 e. The van der Waals surface area contributed by atoms with Crippen LogP contribution in [0.1, 0.15) is 11.1 Å². The van der Waals surface area contributed by atoms with Crippen molar-refractivity contribution >= 4 is 0 Å². The Morgan fingerprint density at radius 2 is 1.16 bits per heavy atom. The monoisotopic (exact) mass is 260 g/mol. The standard InChI is InChI=1S/C10H14O2.C6H6O/c1-11-7-9-3-5-10(6-4-9)8-12-2;7-6-4-2-1-3-5-6/h3-6H,7-8H2,1-2H3;1-5,7H. The van der Waals surface area contributed by atoms with Gasteiger partial charge in [-0.3, -0.25) is 0 Å². The predicted octanol–water partition coefficient (Wildman–Crippen LogP) is 3.37. The van der Waals surface area contributed by atoms with Crippen LogP contribution in [-0.2, 0) is 22.7 Å². The Morgan fingerprint density at radius 3 is 1.42 bits per heavy atom. The van der Waals surface area contributed by atoms with Crippen LogP contribution >= 0.6 is 0 Å². The van der Waals surface area contributed by atoms with Crippen LogP contribution < -0.4 is 0 Å². The van der Waals surface area contributed by atoms with E-state index in [0.29, 0.717) is 19.0 Å². The maximum absolute atomic E-state index is 8.63. The second-order valence-electron chi connectivity index (χ2n) is 4.02. The zero-order chi connectivity index (χ0) is 13.9. The molecule has 0 radical (unpaired) electrons.